The molecule has 7 heteroatoms. The first-order valence-electron chi connectivity index (χ1n) is 8.89. The molecule has 0 radical (unpaired) electrons. The molecule has 7 nitrogen and oxygen atoms in total. The van der Waals surface area contributed by atoms with E-state index < -0.39 is 12.0 Å². The summed E-state index contributed by atoms with van der Waals surface area (Å²) in [6.45, 7) is 4.01. The third-order valence-electron chi connectivity index (χ3n) is 5.20. The number of imidazole rings is 1. The van der Waals surface area contributed by atoms with Gasteiger partial charge in [-0.3, -0.25) is 9.59 Å². The Kier molecular flexibility index (Phi) is 4.22. The van der Waals surface area contributed by atoms with Gasteiger partial charge in [-0.1, -0.05) is 0 Å². The number of ether oxygens (including phenoxy) is 1. The van der Waals surface area contributed by atoms with Crippen molar-refractivity contribution in [2.24, 2.45) is 0 Å². The van der Waals surface area contributed by atoms with Gasteiger partial charge in [0.05, 0.1) is 42.1 Å². The van der Waals surface area contributed by atoms with E-state index in [1.54, 1.807) is 23.0 Å². The van der Waals surface area contributed by atoms with Gasteiger partial charge in [0, 0.05) is 0 Å². The van der Waals surface area contributed by atoms with Gasteiger partial charge < -0.3 is 9.30 Å². The van der Waals surface area contributed by atoms with E-state index in [9.17, 15) is 14.4 Å². The highest BCUT2D eigenvalue weighted by molar-refractivity contribution is 6.22. The van der Waals surface area contributed by atoms with Crippen molar-refractivity contribution in [2.45, 2.75) is 26.3 Å². The minimum atomic E-state index is -0.639. The molecule has 0 saturated carbocycles. The number of hydrogen-bond acceptors (Lipinski definition) is 5. The molecule has 3 aromatic rings. The van der Waals surface area contributed by atoms with E-state index in [1.807, 2.05) is 26.0 Å². The van der Waals surface area contributed by atoms with Gasteiger partial charge in [-0.15, -0.1) is 0 Å². The number of amides is 2. The Balaban J connectivity index is 1.68. The van der Waals surface area contributed by atoms with E-state index in [0.717, 1.165) is 22.2 Å². The lowest BCUT2D eigenvalue weighted by Gasteiger charge is -2.16. The second kappa shape index (κ2) is 6.60. The molecule has 1 aliphatic rings. The topological polar surface area (TPSA) is 81.5 Å². The summed E-state index contributed by atoms with van der Waals surface area (Å²) < 4.78 is 6.44. The van der Waals surface area contributed by atoms with Gasteiger partial charge >= 0.3 is 5.97 Å². The molecular weight excluding hydrogens is 358 g/mol. The van der Waals surface area contributed by atoms with Gasteiger partial charge in [-0.2, -0.15) is 0 Å². The van der Waals surface area contributed by atoms with E-state index in [0.29, 0.717) is 11.3 Å². The summed E-state index contributed by atoms with van der Waals surface area (Å²) in [4.78, 5) is 42.8. The van der Waals surface area contributed by atoms with Gasteiger partial charge in [0.1, 0.15) is 6.04 Å². The number of aromatic nitrogens is 2. The minimum absolute atomic E-state index is 0.0654. The maximum absolute atomic E-state index is 13.1. The first-order chi connectivity index (χ1) is 13.4. The summed E-state index contributed by atoms with van der Waals surface area (Å²) in [5, 5.41) is 0. The van der Waals surface area contributed by atoms with Crippen molar-refractivity contribution in [1.29, 1.82) is 0 Å². The van der Waals surface area contributed by atoms with Crippen LogP contribution in [0.1, 0.15) is 33.9 Å². The van der Waals surface area contributed by atoms with E-state index in [1.165, 1.54) is 24.1 Å². The number of carbonyl (C=O) groups excluding carboxylic acids is 3. The Hall–Kier alpha value is -3.48. The maximum atomic E-state index is 13.1. The predicted octanol–water partition coefficient (Wildman–Crippen LogP) is 2.94. The summed E-state index contributed by atoms with van der Waals surface area (Å²) in [5.41, 5.74) is 4.64. The van der Waals surface area contributed by atoms with Crippen molar-refractivity contribution in [3.8, 4) is 0 Å². The molecule has 1 atom stereocenters. The maximum Gasteiger partial charge on any atom is 0.337 e. The molecule has 2 heterocycles. The van der Waals surface area contributed by atoms with E-state index in [2.05, 4.69) is 9.72 Å². The molecule has 0 N–H and O–H groups in total. The monoisotopic (exact) mass is 377 g/mol. The molecule has 28 heavy (non-hydrogen) atoms. The quantitative estimate of drug-likeness (QED) is 0.518. The molecular formula is C21H19N3O4. The number of fused-ring (bicyclic) bond motifs is 1. The third kappa shape index (κ3) is 2.76. The highest BCUT2D eigenvalue weighted by Gasteiger charge is 2.41. The van der Waals surface area contributed by atoms with Crippen LogP contribution in [0.3, 0.4) is 0 Å². The van der Waals surface area contributed by atoms with Crippen LogP contribution in [0.15, 0.2) is 42.7 Å². The zero-order valence-electron chi connectivity index (χ0n) is 15.8. The Morgan fingerprint density at radius 3 is 2.46 bits per heavy atom. The second-order valence-corrected chi connectivity index (χ2v) is 6.90. The number of imide groups is 1. The van der Waals surface area contributed by atoms with Crippen LogP contribution >= 0.6 is 0 Å². The van der Waals surface area contributed by atoms with Crippen LogP contribution in [0.5, 0.6) is 0 Å². The molecule has 0 spiro atoms. The van der Waals surface area contributed by atoms with Crippen LogP contribution in [0.2, 0.25) is 0 Å². The lowest BCUT2D eigenvalue weighted by Crippen LogP contribution is -2.31. The Morgan fingerprint density at radius 2 is 1.79 bits per heavy atom. The number of aryl methyl sites for hydroxylation is 2. The number of benzene rings is 2. The van der Waals surface area contributed by atoms with Crippen LogP contribution in [-0.2, 0) is 14.3 Å². The predicted molar refractivity (Wildman–Crippen MR) is 103 cm³/mol. The Morgan fingerprint density at radius 1 is 1.11 bits per heavy atom. The average Bonchev–Trinajstić information content (AvgIpc) is 3.21. The molecule has 1 aromatic heterocycles. The third-order valence-corrected chi connectivity index (χ3v) is 5.20. The van der Waals surface area contributed by atoms with Gasteiger partial charge in [0.15, 0.2) is 0 Å². The van der Waals surface area contributed by atoms with Crippen molar-refractivity contribution >= 4 is 34.5 Å². The zero-order valence-corrected chi connectivity index (χ0v) is 15.8. The summed E-state index contributed by atoms with van der Waals surface area (Å²) >= 11 is 0. The molecule has 2 amide bonds. The Labute approximate surface area is 161 Å². The smallest absolute Gasteiger partial charge is 0.337 e. The number of esters is 1. The molecule has 0 aliphatic carbocycles. The van der Waals surface area contributed by atoms with Crippen molar-refractivity contribution < 1.29 is 19.1 Å². The minimum Gasteiger partial charge on any atom is -0.465 e. The van der Waals surface area contributed by atoms with Gasteiger partial charge in [0.25, 0.3) is 5.91 Å². The molecule has 142 valence electrons. The van der Waals surface area contributed by atoms with Crippen LogP contribution in [0.4, 0.5) is 5.69 Å². The molecule has 0 unspecified atom stereocenters. The van der Waals surface area contributed by atoms with Crippen LogP contribution in [0, 0.1) is 13.8 Å². The molecule has 4 rings (SSSR count). The first kappa shape index (κ1) is 17.9. The van der Waals surface area contributed by atoms with Crippen molar-refractivity contribution in [3.63, 3.8) is 0 Å². The average molecular weight is 377 g/mol. The van der Waals surface area contributed by atoms with Crippen molar-refractivity contribution in [3.05, 3.63) is 59.4 Å². The van der Waals surface area contributed by atoms with Crippen LogP contribution < -0.4 is 4.90 Å². The zero-order chi connectivity index (χ0) is 20.0. The lowest BCUT2D eigenvalue weighted by molar-refractivity contribution is -0.122. The van der Waals surface area contributed by atoms with Gasteiger partial charge in [-0.05, 0) is 61.4 Å². The summed E-state index contributed by atoms with van der Waals surface area (Å²) in [6, 6.07) is 9.55. The molecule has 0 bridgehead atoms. The molecule has 2 aromatic carbocycles. The number of carbonyl (C=O) groups is 3. The lowest BCUT2D eigenvalue weighted by atomic mass is 10.1. The standard InChI is InChI=1S/C21H19N3O4/c1-12-8-16-17(9-13(12)2)23(11-22-16)18-10-19(25)24(20(18)26)15-6-4-14(5-7-15)21(27)28-3/h4-9,11,18H,10H2,1-3H3/t18-/m0/s1. The van der Waals surface area contributed by atoms with Crippen molar-refractivity contribution in [2.75, 3.05) is 12.0 Å². The van der Waals surface area contributed by atoms with Gasteiger partial charge in [0.2, 0.25) is 5.91 Å². The van der Waals surface area contributed by atoms with E-state index in [4.69, 9.17) is 0 Å². The van der Waals surface area contributed by atoms with E-state index in [-0.39, 0.29) is 18.2 Å². The fourth-order valence-electron chi connectivity index (χ4n) is 3.50. The number of hydrogen-bond donors (Lipinski definition) is 0. The van der Waals surface area contributed by atoms with E-state index >= 15 is 0 Å². The fraction of sp³-hybridized carbons (Fsp3) is 0.238. The van der Waals surface area contributed by atoms with Gasteiger partial charge in [-0.25, -0.2) is 14.7 Å². The van der Waals surface area contributed by atoms with Crippen LogP contribution in [-0.4, -0.2) is 34.4 Å². The SMILES string of the molecule is COC(=O)c1ccc(N2C(=O)C[C@H](n3cnc4cc(C)c(C)cc43)C2=O)cc1. The normalized spacial score (nSPS) is 16.8. The molecule has 1 fully saturated rings. The summed E-state index contributed by atoms with van der Waals surface area (Å²) in [6.07, 6.45) is 1.68. The Bertz CT molecular complexity index is 1110. The number of methoxy groups -OCH3 is 1. The molecule has 1 aliphatic heterocycles. The number of rotatable bonds is 3. The highest BCUT2D eigenvalue weighted by atomic mass is 16.5. The fourth-order valence-corrected chi connectivity index (χ4v) is 3.50. The number of anilines is 1. The summed E-state index contributed by atoms with van der Waals surface area (Å²) in [5.74, 6) is -1.07. The first-order valence-corrected chi connectivity index (χ1v) is 8.89. The van der Waals surface area contributed by atoms with Crippen LogP contribution in [0.25, 0.3) is 11.0 Å². The largest absolute Gasteiger partial charge is 0.465 e. The molecule has 1 saturated heterocycles. The number of nitrogens with zero attached hydrogens (tertiary/aromatic N) is 3. The summed E-state index contributed by atoms with van der Waals surface area (Å²) in [7, 11) is 1.30. The second-order valence-electron chi connectivity index (χ2n) is 6.90. The van der Waals surface area contributed by atoms with Crippen molar-refractivity contribution in [1.82, 2.24) is 9.55 Å². The highest BCUT2D eigenvalue weighted by Crippen LogP contribution is 2.32.